The van der Waals surface area contributed by atoms with Crippen molar-refractivity contribution in [3.63, 3.8) is 0 Å². The van der Waals surface area contributed by atoms with Crippen molar-refractivity contribution >= 4 is 17.6 Å². The van der Waals surface area contributed by atoms with Crippen LogP contribution in [-0.4, -0.2) is 12.6 Å². The Morgan fingerprint density at radius 3 is 2.67 bits per heavy atom. The molecular weight excluding hydrogens is 140 g/mol. The minimum atomic E-state index is -0.322. The fraction of sp³-hybridized carbons (Fsp3) is 0.500. The highest BCUT2D eigenvalue weighted by molar-refractivity contribution is 6.30. The lowest BCUT2D eigenvalue weighted by atomic mass is 10.4. The average molecular weight is 149 g/mol. The fourth-order valence-corrected chi connectivity index (χ4v) is 0.478. The molecule has 52 valence electrons. The lowest BCUT2D eigenvalue weighted by Gasteiger charge is -1.97. The quantitative estimate of drug-likeness (QED) is 0.570. The lowest BCUT2D eigenvalue weighted by Crippen LogP contribution is -2.02. The minimum Gasteiger partial charge on any atom is -0.466 e. The predicted molar refractivity (Wildman–Crippen MR) is 36.2 cm³/mol. The molecule has 0 spiro atoms. The Bertz CT molecular complexity index is 120. The first kappa shape index (κ1) is 8.50. The smallest absolute Gasteiger partial charge is 0.311 e. The summed E-state index contributed by atoms with van der Waals surface area (Å²) in [5.74, 6) is -0.322. The Hall–Kier alpha value is -0.500. The number of esters is 1. The maximum Gasteiger partial charge on any atom is 0.311 e. The summed E-state index contributed by atoms with van der Waals surface area (Å²) in [5.41, 5.74) is 0. The molecular formula is C6H9ClO2. The second-order valence-electron chi connectivity index (χ2n) is 1.50. The zero-order valence-corrected chi connectivity index (χ0v) is 6.07. The van der Waals surface area contributed by atoms with Gasteiger partial charge in [-0.1, -0.05) is 18.2 Å². The first-order valence-electron chi connectivity index (χ1n) is 2.65. The molecule has 0 saturated carbocycles. The normalized spacial score (nSPS) is 8.67. The van der Waals surface area contributed by atoms with Crippen LogP contribution < -0.4 is 0 Å². The van der Waals surface area contributed by atoms with Gasteiger partial charge in [0.15, 0.2) is 0 Å². The second kappa shape index (κ2) is 4.39. The fourth-order valence-electron chi connectivity index (χ4n) is 0.369. The van der Waals surface area contributed by atoms with E-state index in [1.54, 1.807) is 6.92 Å². The van der Waals surface area contributed by atoms with E-state index in [-0.39, 0.29) is 12.4 Å². The number of hydrogen-bond donors (Lipinski definition) is 0. The monoisotopic (exact) mass is 148 g/mol. The van der Waals surface area contributed by atoms with Crippen molar-refractivity contribution in [3.8, 4) is 0 Å². The van der Waals surface area contributed by atoms with E-state index in [2.05, 4.69) is 11.3 Å². The van der Waals surface area contributed by atoms with Crippen molar-refractivity contribution in [2.45, 2.75) is 13.3 Å². The molecule has 0 saturated heterocycles. The summed E-state index contributed by atoms with van der Waals surface area (Å²) in [5, 5.41) is 0.313. The zero-order chi connectivity index (χ0) is 7.28. The molecule has 0 amide bonds. The SMILES string of the molecule is C=C(Cl)CC(=O)OCC. The number of hydrogen-bond acceptors (Lipinski definition) is 2. The highest BCUT2D eigenvalue weighted by Gasteiger charge is 2.00. The highest BCUT2D eigenvalue weighted by Crippen LogP contribution is 2.03. The first-order valence-corrected chi connectivity index (χ1v) is 3.03. The molecule has 0 aromatic rings. The topological polar surface area (TPSA) is 26.3 Å². The summed E-state index contributed by atoms with van der Waals surface area (Å²) in [6.45, 7) is 5.48. The van der Waals surface area contributed by atoms with Crippen LogP contribution in [0, 0.1) is 0 Å². The Labute approximate surface area is 59.5 Å². The zero-order valence-electron chi connectivity index (χ0n) is 5.32. The van der Waals surface area contributed by atoms with Crippen molar-refractivity contribution in [1.29, 1.82) is 0 Å². The van der Waals surface area contributed by atoms with Gasteiger partial charge in [-0.25, -0.2) is 0 Å². The van der Waals surface area contributed by atoms with Crippen LogP contribution in [0.25, 0.3) is 0 Å². The van der Waals surface area contributed by atoms with E-state index in [9.17, 15) is 4.79 Å². The maximum absolute atomic E-state index is 10.5. The summed E-state index contributed by atoms with van der Waals surface area (Å²) >= 11 is 5.31. The van der Waals surface area contributed by atoms with E-state index in [0.717, 1.165) is 0 Å². The third kappa shape index (κ3) is 5.37. The van der Waals surface area contributed by atoms with E-state index in [0.29, 0.717) is 11.6 Å². The van der Waals surface area contributed by atoms with Crippen LogP contribution in [0.15, 0.2) is 11.6 Å². The van der Waals surface area contributed by atoms with Gasteiger partial charge in [-0.05, 0) is 6.92 Å². The Morgan fingerprint density at radius 2 is 2.33 bits per heavy atom. The van der Waals surface area contributed by atoms with Crippen molar-refractivity contribution in [3.05, 3.63) is 11.6 Å². The molecule has 0 fully saturated rings. The van der Waals surface area contributed by atoms with Gasteiger partial charge in [0, 0.05) is 5.03 Å². The van der Waals surface area contributed by atoms with Gasteiger partial charge in [0.1, 0.15) is 0 Å². The number of ether oxygens (including phenoxy) is 1. The molecule has 0 aromatic heterocycles. The molecule has 0 aromatic carbocycles. The van der Waals surface area contributed by atoms with Crippen LogP contribution >= 0.6 is 11.6 Å². The molecule has 0 N–H and O–H groups in total. The van der Waals surface area contributed by atoms with Crippen molar-refractivity contribution in [2.24, 2.45) is 0 Å². The number of halogens is 1. The first-order chi connectivity index (χ1) is 4.16. The lowest BCUT2D eigenvalue weighted by molar-refractivity contribution is -0.142. The number of carbonyl (C=O) groups is 1. The van der Waals surface area contributed by atoms with E-state index >= 15 is 0 Å². The van der Waals surface area contributed by atoms with E-state index in [4.69, 9.17) is 11.6 Å². The molecule has 0 aliphatic heterocycles. The van der Waals surface area contributed by atoms with Crippen LogP contribution in [0.1, 0.15) is 13.3 Å². The van der Waals surface area contributed by atoms with Gasteiger partial charge in [-0.3, -0.25) is 4.79 Å². The van der Waals surface area contributed by atoms with Crippen LogP contribution in [0.2, 0.25) is 0 Å². The molecule has 2 nitrogen and oxygen atoms in total. The summed E-state index contributed by atoms with van der Waals surface area (Å²) in [4.78, 5) is 10.5. The number of rotatable bonds is 3. The van der Waals surface area contributed by atoms with Gasteiger partial charge >= 0.3 is 5.97 Å². The van der Waals surface area contributed by atoms with Crippen LogP contribution in [0.5, 0.6) is 0 Å². The van der Waals surface area contributed by atoms with Gasteiger partial charge in [-0.2, -0.15) is 0 Å². The molecule has 3 heteroatoms. The average Bonchev–Trinajstić information content (AvgIpc) is 1.63. The molecule has 0 rings (SSSR count). The Morgan fingerprint density at radius 1 is 1.78 bits per heavy atom. The predicted octanol–water partition coefficient (Wildman–Crippen LogP) is 1.69. The van der Waals surface area contributed by atoms with Crippen LogP contribution in [0.4, 0.5) is 0 Å². The molecule has 0 heterocycles. The summed E-state index contributed by atoms with van der Waals surface area (Å²) in [6.07, 6.45) is 0.107. The molecule has 0 bridgehead atoms. The minimum absolute atomic E-state index is 0.107. The Balaban J connectivity index is 3.39. The van der Waals surface area contributed by atoms with Gasteiger partial charge in [0.05, 0.1) is 13.0 Å². The van der Waals surface area contributed by atoms with E-state index < -0.39 is 0 Å². The third-order valence-corrected chi connectivity index (χ3v) is 0.775. The van der Waals surface area contributed by atoms with Gasteiger partial charge in [0.25, 0.3) is 0 Å². The van der Waals surface area contributed by atoms with Crippen LogP contribution in [0.3, 0.4) is 0 Å². The largest absolute Gasteiger partial charge is 0.466 e. The summed E-state index contributed by atoms with van der Waals surface area (Å²) in [6, 6.07) is 0. The maximum atomic E-state index is 10.5. The molecule has 9 heavy (non-hydrogen) atoms. The van der Waals surface area contributed by atoms with E-state index in [1.165, 1.54) is 0 Å². The van der Waals surface area contributed by atoms with Crippen molar-refractivity contribution < 1.29 is 9.53 Å². The van der Waals surface area contributed by atoms with Crippen molar-refractivity contribution in [2.75, 3.05) is 6.61 Å². The Kier molecular flexibility index (Phi) is 4.14. The molecule has 0 aliphatic carbocycles. The molecule has 0 atom stereocenters. The molecule has 0 unspecified atom stereocenters. The van der Waals surface area contributed by atoms with Gasteiger partial charge in [0.2, 0.25) is 0 Å². The number of carbonyl (C=O) groups excluding carboxylic acids is 1. The third-order valence-electron chi connectivity index (χ3n) is 0.641. The standard InChI is InChI=1S/C6H9ClO2/c1-3-9-6(8)4-5(2)7/h2-4H2,1H3. The van der Waals surface area contributed by atoms with Crippen LogP contribution in [-0.2, 0) is 9.53 Å². The van der Waals surface area contributed by atoms with Crippen molar-refractivity contribution in [1.82, 2.24) is 0 Å². The van der Waals surface area contributed by atoms with Gasteiger partial charge < -0.3 is 4.74 Å². The molecule has 0 aliphatic rings. The van der Waals surface area contributed by atoms with E-state index in [1.807, 2.05) is 0 Å². The summed E-state index contributed by atoms with van der Waals surface area (Å²) < 4.78 is 4.57. The second-order valence-corrected chi connectivity index (χ2v) is 2.03. The molecule has 0 radical (unpaired) electrons. The summed E-state index contributed by atoms with van der Waals surface area (Å²) in [7, 11) is 0. The highest BCUT2D eigenvalue weighted by atomic mass is 35.5. The van der Waals surface area contributed by atoms with Gasteiger partial charge in [-0.15, -0.1) is 0 Å².